The van der Waals surface area contributed by atoms with Gasteiger partial charge in [-0.05, 0) is 26.2 Å². The van der Waals surface area contributed by atoms with Gasteiger partial charge < -0.3 is 9.64 Å². The van der Waals surface area contributed by atoms with Crippen LogP contribution in [0.3, 0.4) is 0 Å². The van der Waals surface area contributed by atoms with Crippen molar-refractivity contribution in [3.63, 3.8) is 0 Å². The van der Waals surface area contributed by atoms with Crippen LogP contribution >= 0.6 is 0 Å². The lowest BCUT2D eigenvalue weighted by Gasteiger charge is -2.37. The SMILES string of the molecule is COC1CN(c2cc(C)nc(C)n2)CCC1C. The standard InChI is InChI=1S/C13H21N3O/c1-9-5-6-16(8-12(9)17-4)13-7-10(2)14-11(3)15-13/h7,9,12H,5-6,8H2,1-4H3. The zero-order chi connectivity index (χ0) is 12.4. The molecule has 1 saturated heterocycles. The first-order chi connectivity index (χ1) is 8.10. The van der Waals surface area contributed by atoms with Gasteiger partial charge in [0.2, 0.25) is 0 Å². The zero-order valence-corrected chi connectivity index (χ0v) is 11.1. The Kier molecular flexibility index (Phi) is 3.62. The smallest absolute Gasteiger partial charge is 0.132 e. The number of aryl methyl sites for hydroxylation is 2. The van der Waals surface area contributed by atoms with Crippen LogP contribution in [-0.2, 0) is 4.74 Å². The summed E-state index contributed by atoms with van der Waals surface area (Å²) in [6.07, 6.45) is 1.46. The normalized spacial score (nSPS) is 25.1. The minimum atomic E-state index is 0.305. The Morgan fingerprint density at radius 3 is 2.76 bits per heavy atom. The van der Waals surface area contributed by atoms with Gasteiger partial charge in [-0.25, -0.2) is 9.97 Å². The van der Waals surface area contributed by atoms with Crippen molar-refractivity contribution in [2.75, 3.05) is 25.1 Å². The monoisotopic (exact) mass is 235 g/mol. The zero-order valence-electron chi connectivity index (χ0n) is 11.1. The largest absolute Gasteiger partial charge is 0.379 e. The topological polar surface area (TPSA) is 38.2 Å². The second kappa shape index (κ2) is 5.00. The summed E-state index contributed by atoms with van der Waals surface area (Å²) in [6.45, 7) is 8.18. The van der Waals surface area contributed by atoms with E-state index < -0.39 is 0 Å². The van der Waals surface area contributed by atoms with E-state index in [1.54, 1.807) is 7.11 Å². The highest BCUT2D eigenvalue weighted by Crippen LogP contribution is 2.23. The summed E-state index contributed by atoms with van der Waals surface area (Å²) in [6, 6.07) is 2.05. The van der Waals surface area contributed by atoms with Crippen LogP contribution in [0.4, 0.5) is 5.82 Å². The van der Waals surface area contributed by atoms with E-state index in [4.69, 9.17) is 4.74 Å². The molecule has 0 spiro atoms. The molecule has 4 nitrogen and oxygen atoms in total. The van der Waals surface area contributed by atoms with Crippen LogP contribution in [0.2, 0.25) is 0 Å². The molecule has 2 atom stereocenters. The van der Waals surface area contributed by atoms with Crippen molar-refractivity contribution < 1.29 is 4.74 Å². The fourth-order valence-corrected chi connectivity index (χ4v) is 2.41. The Morgan fingerprint density at radius 2 is 2.12 bits per heavy atom. The second-order valence-electron chi connectivity index (χ2n) is 4.90. The second-order valence-corrected chi connectivity index (χ2v) is 4.90. The first-order valence-corrected chi connectivity index (χ1v) is 6.20. The Labute approximate surface area is 103 Å². The van der Waals surface area contributed by atoms with E-state index in [0.29, 0.717) is 12.0 Å². The summed E-state index contributed by atoms with van der Waals surface area (Å²) >= 11 is 0. The molecule has 1 fully saturated rings. The van der Waals surface area contributed by atoms with Crippen LogP contribution in [-0.4, -0.2) is 36.3 Å². The summed E-state index contributed by atoms with van der Waals surface area (Å²) in [5.41, 5.74) is 1.03. The van der Waals surface area contributed by atoms with Gasteiger partial charge in [-0.1, -0.05) is 6.92 Å². The number of methoxy groups -OCH3 is 1. The highest BCUT2D eigenvalue weighted by molar-refractivity contribution is 5.40. The van der Waals surface area contributed by atoms with Crippen LogP contribution in [0.1, 0.15) is 24.9 Å². The molecule has 2 unspecified atom stereocenters. The van der Waals surface area contributed by atoms with Crippen LogP contribution in [0.5, 0.6) is 0 Å². The summed E-state index contributed by atoms with van der Waals surface area (Å²) in [4.78, 5) is 11.1. The molecule has 2 heterocycles. The molecule has 2 rings (SSSR count). The molecule has 0 aromatic carbocycles. The molecule has 0 bridgehead atoms. The van der Waals surface area contributed by atoms with Crippen LogP contribution < -0.4 is 4.90 Å². The molecule has 0 N–H and O–H groups in total. The number of nitrogens with zero attached hydrogens (tertiary/aromatic N) is 3. The maximum Gasteiger partial charge on any atom is 0.132 e. The maximum atomic E-state index is 5.53. The molecule has 0 radical (unpaired) electrons. The predicted molar refractivity (Wildman–Crippen MR) is 68.3 cm³/mol. The molecular weight excluding hydrogens is 214 g/mol. The molecule has 0 saturated carbocycles. The molecule has 1 aliphatic heterocycles. The van der Waals surface area contributed by atoms with E-state index in [2.05, 4.69) is 27.9 Å². The van der Waals surface area contributed by atoms with E-state index in [-0.39, 0.29) is 0 Å². The Bertz CT molecular complexity index is 374. The molecule has 1 aromatic rings. The average Bonchev–Trinajstić information content (AvgIpc) is 2.28. The summed E-state index contributed by atoms with van der Waals surface area (Å²) < 4.78 is 5.53. The number of anilines is 1. The number of aromatic nitrogens is 2. The highest BCUT2D eigenvalue weighted by atomic mass is 16.5. The highest BCUT2D eigenvalue weighted by Gasteiger charge is 2.26. The third kappa shape index (κ3) is 2.75. The lowest BCUT2D eigenvalue weighted by atomic mass is 9.96. The Balaban J connectivity index is 2.17. The van der Waals surface area contributed by atoms with Gasteiger partial charge in [-0.2, -0.15) is 0 Å². The van der Waals surface area contributed by atoms with Crippen LogP contribution in [0.25, 0.3) is 0 Å². The number of hydrogen-bond donors (Lipinski definition) is 0. The predicted octanol–water partition coefficient (Wildman–Crippen LogP) is 1.95. The molecular formula is C13H21N3O. The minimum absolute atomic E-state index is 0.305. The molecule has 0 aliphatic carbocycles. The lowest BCUT2D eigenvalue weighted by molar-refractivity contribution is 0.0496. The van der Waals surface area contributed by atoms with Crippen molar-refractivity contribution in [1.29, 1.82) is 0 Å². The quantitative estimate of drug-likeness (QED) is 0.785. The van der Waals surface area contributed by atoms with E-state index in [9.17, 15) is 0 Å². The van der Waals surface area contributed by atoms with Crippen molar-refractivity contribution >= 4 is 5.82 Å². The lowest BCUT2D eigenvalue weighted by Crippen LogP contribution is -2.44. The molecule has 94 valence electrons. The number of ether oxygens (including phenoxy) is 1. The molecule has 4 heteroatoms. The van der Waals surface area contributed by atoms with E-state index >= 15 is 0 Å². The van der Waals surface area contributed by atoms with E-state index in [1.165, 1.54) is 0 Å². The third-order valence-corrected chi connectivity index (χ3v) is 3.47. The molecule has 1 aliphatic rings. The minimum Gasteiger partial charge on any atom is -0.379 e. The summed E-state index contributed by atoms with van der Waals surface area (Å²) in [5, 5.41) is 0. The van der Waals surface area contributed by atoms with Gasteiger partial charge in [0.05, 0.1) is 6.10 Å². The summed E-state index contributed by atoms with van der Waals surface area (Å²) in [5.74, 6) is 2.50. The van der Waals surface area contributed by atoms with Crippen molar-refractivity contribution in [3.05, 3.63) is 17.6 Å². The number of rotatable bonds is 2. The Morgan fingerprint density at radius 1 is 1.35 bits per heavy atom. The van der Waals surface area contributed by atoms with Gasteiger partial charge in [0.1, 0.15) is 11.6 Å². The first kappa shape index (κ1) is 12.3. The number of hydrogen-bond acceptors (Lipinski definition) is 4. The average molecular weight is 235 g/mol. The third-order valence-electron chi connectivity index (χ3n) is 3.47. The molecule has 17 heavy (non-hydrogen) atoms. The van der Waals surface area contributed by atoms with Gasteiger partial charge in [0, 0.05) is 32.0 Å². The van der Waals surface area contributed by atoms with Gasteiger partial charge in [0.15, 0.2) is 0 Å². The van der Waals surface area contributed by atoms with Crippen molar-refractivity contribution in [1.82, 2.24) is 9.97 Å². The van der Waals surface area contributed by atoms with Gasteiger partial charge in [0.25, 0.3) is 0 Å². The summed E-state index contributed by atoms with van der Waals surface area (Å²) in [7, 11) is 1.79. The number of piperidine rings is 1. The van der Waals surface area contributed by atoms with E-state index in [0.717, 1.165) is 36.8 Å². The first-order valence-electron chi connectivity index (χ1n) is 6.20. The fraction of sp³-hybridized carbons (Fsp3) is 0.692. The van der Waals surface area contributed by atoms with Gasteiger partial charge in [-0.3, -0.25) is 0 Å². The van der Waals surface area contributed by atoms with Crippen LogP contribution in [0, 0.1) is 19.8 Å². The fourth-order valence-electron chi connectivity index (χ4n) is 2.41. The van der Waals surface area contributed by atoms with Crippen LogP contribution in [0.15, 0.2) is 6.07 Å². The maximum absolute atomic E-state index is 5.53. The van der Waals surface area contributed by atoms with Gasteiger partial charge in [-0.15, -0.1) is 0 Å². The van der Waals surface area contributed by atoms with Gasteiger partial charge >= 0.3 is 0 Å². The van der Waals surface area contributed by atoms with Crippen molar-refractivity contribution in [2.24, 2.45) is 5.92 Å². The molecule has 0 amide bonds. The van der Waals surface area contributed by atoms with Crippen molar-refractivity contribution in [3.8, 4) is 0 Å². The Hall–Kier alpha value is -1.16. The van der Waals surface area contributed by atoms with Crippen molar-refractivity contribution in [2.45, 2.75) is 33.3 Å². The molecule has 1 aromatic heterocycles. The van der Waals surface area contributed by atoms with E-state index in [1.807, 2.05) is 13.8 Å².